The monoisotopic (exact) mass is 655 g/mol. The Hall–Kier alpha value is -2.44. The predicted octanol–water partition coefficient (Wildman–Crippen LogP) is 9.69. The van der Waals surface area contributed by atoms with Crippen molar-refractivity contribution in [1.82, 2.24) is 5.32 Å². The van der Waals surface area contributed by atoms with E-state index >= 15 is 0 Å². The van der Waals surface area contributed by atoms with Gasteiger partial charge in [0.05, 0.1) is 32.1 Å². The van der Waals surface area contributed by atoms with Crippen LogP contribution in [0.4, 0.5) is 39.5 Å². The Morgan fingerprint density at radius 1 is 0.902 bits per heavy atom. The SMILES string of the molecule is C[C@H](CC(=O)C(C)(C)C(F)(F)F)NC(=O)c1ccc(/C=C/C(c2cc(Cl)c(Cl)c(Cl)c2)C(F)(F)F)cc1C(F)(F)F. The molecule has 15 heteroatoms. The van der Waals surface area contributed by atoms with Crippen molar-refractivity contribution in [3.8, 4) is 0 Å². The summed E-state index contributed by atoms with van der Waals surface area (Å²) in [6.45, 7) is 2.41. The molecular weight excluding hydrogens is 636 g/mol. The number of amides is 1. The van der Waals surface area contributed by atoms with Gasteiger partial charge in [-0.3, -0.25) is 9.59 Å². The Balaban J connectivity index is 2.38. The molecule has 0 aromatic heterocycles. The maximum atomic E-state index is 13.8. The van der Waals surface area contributed by atoms with Gasteiger partial charge in [-0.15, -0.1) is 0 Å². The van der Waals surface area contributed by atoms with E-state index in [4.69, 9.17) is 34.8 Å². The highest BCUT2D eigenvalue weighted by Gasteiger charge is 2.52. The summed E-state index contributed by atoms with van der Waals surface area (Å²) in [4.78, 5) is 24.7. The van der Waals surface area contributed by atoms with E-state index in [9.17, 15) is 49.1 Å². The fourth-order valence-corrected chi connectivity index (χ4v) is 4.13. The Labute approximate surface area is 243 Å². The third kappa shape index (κ3) is 8.54. The van der Waals surface area contributed by atoms with Crippen LogP contribution in [0.25, 0.3) is 6.08 Å². The number of benzene rings is 2. The van der Waals surface area contributed by atoms with Gasteiger partial charge in [-0.1, -0.05) is 53.0 Å². The van der Waals surface area contributed by atoms with Crippen molar-refractivity contribution >= 4 is 52.6 Å². The minimum Gasteiger partial charge on any atom is -0.349 e. The summed E-state index contributed by atoms with van der Waals surface area (Å²) < 4.78 is 122. The van der Waals surface area contributed by atoms with Gasteiger partial charge in [-0.05, 0) is 56.2 Å². The molecule has 2 aromatic carbocycles. The smallest absolute Gasteiger partial charge is 0.349 e. The molecule has 0 spiro atoms. The van der Waals surface area contributed by atoms with E-state index in [1.807, 2.05) is 0 Å². The molecule has 2 rings (SSSR count). The summed E-state index contributed by atoms with van der Waals surface area (Å²) in [5.74, 6) is -4.99. The maximum absolute atomic E-state index is 13.8. The molecule has 0 aliphatic carbocycles. The quantitative estimate of drug-likeness (QED) is 0.227. The van der Waals surface area contributed by atoms with Crippen LogP contribution in [0.15, 0.2) is 36.4 Å². The van der Waals surface area contributed by atoms with E-state index in [0.717, 1.165) is 31.2 Å². The Kier molecular flexibility index (Phi) is 10.5. The van der Waals surface area contributed by atoms with E-state index in [1.54, 1.807) is 0 Å². The van der Waals surface area contributed by atoms with Crippen LogP contribution >= 0.6 is 34.8 Å². The molecule has 41 heavy (non-hydrogen) atoms. The van der Waals surface area contributed by atoms with Crippen LogP contribution in [0.3, 0.4) is 0 Å². The molecule has 0 bridgehead atoms. The Morgan fingerprint density at radius 2 is 1.44 bits per heavy atom. The molecule has 1 unspecified atom stereocenters. The van der Waals surface area contributed by atoms with Gasteiger partial charge in [0.1, 0.15) is 11.2 Å². The zero-order valence-electron chi connectivity index (χ0n) is 21.3. The summed E-state index contributed by atoms with van der Waals surface area (Å²) in [6, 6.07) is 2.62. The lowest BCUT2D eigenvalue weighted by Crippen LogP contribution is -2.43. The van der Waals surface area contributed by atoms with Crippen LogP contribution < -0.4 is 5.32 Å². The zero-order chi connectivity index (χ0) is 31.7. The number of allylic oxidation sites excluding steroid dienone is 1. The van der Waals surface area contributed by atoms with E-state index in [0.29, 0.717) is 32.1 Å². The standard InChI is InChI=1S/C26H21Cl3F9NO2/c1-12(8-20(40)23(2,3)26(36,37)38)39-22(41)15-6-4-13(9-17(15)25(33,34)35)5-7-16(24(30,31)32)14-10-18(27)21(29)19(28)11-14/h4-7,9-12,16H,8H2,1-3H3,(H,39,41)/b7-5+/t12-,16?/m1/s1. The highest BCUT2D eigenvalue weighted by Crippen LogP contribution is 2.42. The minimum absolute atomic E-state index is 0.187. The van der Waals surface area contributed by atoms with E-state index in [2.05, 4.69) is 5.32 Å². The molecule has 2 aromatic rings. The van der Waals surface area contributed by atoms with Crippen LogP contribution in [0.1, 0.15) is 60.2 Å². The van der Waals surface area contributed by atoms with Crippen LogP contribution in [0, 0.1) is 5.41 Å². The number of ketones is 1. The second-order valence-corrected chi connectivity index (χ2v) is 10.8. The average molecular weight is 657 g/mol. The molecule has 3 nitrogen and oxygen atoms in total. The van der Waals surface area contributed by atoms with Crippen molar-refractivity contribution in [2.24, 2.45) is 5.41 Å². The first-order valence-corrected chi connectivity index (χ1v) is 12.6. The number of Topliss-reactive ketones (excluding diaryl/α,β-unsaturated/α-hetero) is 1. The molecule has 0 saturated heterocycles. The summed E-state index contributed by atoms with van der Waals surface area (Å²) in [7, 11) is 0. The minimum atomic E-state index is -5.14. The van der Waals surface area contributed by atoms with Crippen molar-refractivity contribution in [2.75, 3.05) is 0 Å². The molecule has 0 fully saturated rings. The number of carbonyl (C=O) groups is 2. The van der Waals surface area contributed by atoms with Crippen molar-refractivity contribution in [3.05, 3.63) is 73.7 Å². The lowest BCUT2D eigenvalue weighted by Gasteiger charge is -2.27. The molecule has 0 aliphatic rings. The molecule has 2 atom stereocenters. The fraction of sp³-hybridized carbons (Fsp3) is 0.385. The van der Waals surface area contributed by atoms with Crippen molar-refractivity contribution in [2.45, 2.75) is 57.7 Å². The second-order valence-electron chi connectivity index (χ2n) is 9.60. The predicted molar refractivity (Wildman–Crippen MR) is 137 cm³/mol. The van der Waals surface area contributed by atoms with E-state index in [1.165, 1.54) is 0 Å². The molecule has 0 saturated carbocycles. The number of carbonyl (C=O) groups excluding carboxylic acids is 2. The molecule has 1 N–H and O–H groups in total. The number of hydrogen-bond acceptors (Lipinski definition) is 2. The van der Waals surface area contributed by atoms with Gasteiger partial charge in [-0.2, -0.15) is 39.5 Å². The first-order chi connectivity index (χ1) is 18.5. The van der Waals surface area contributed by atoms with Crippen LogP contribution in [-0.4, -0.2) is 30.1 Å². The van der Waals surface area contributed by atoms with E-state index in [-0.39, 0.29) is 20.6 Å². The lowest BCUT2D eigenvalue weighted by molar-refractivity contribution is -0.210. The topological polar surface area (TPSA) is 46.2 Å². The third-order valence-electron chi connectivity index (χ3n) is 6.07. The second kappa shape index (κ2) is 12.4. The summed E-state index contributed by atoms with van der Waals surface area (Å²) in [5.41, 5.74) is -6.02. The Bertz CT molecular complexity index is 1310. The van der Waals surface area contributed by atoms with Gasteiger partial charge < -0.3 is 5.32 Å². The van der Waals surface area contributed by atoms with Gasteiger partial charge in [0.15, 0.2) is 0 Å². The van der Waals surface area contributed by atoms with Crippen LogP contribution in [0.5, 0.6) is 0 Å². The molecule has 0 radical (unpaired) electrons. The molecule has 1 amide bonds. The first kappa shape index (κ1) is 34.8. The van der Waals surface area contributed by atoms with E-state index < -0.39 is 70.7 Å². The molecule has 226 valence electrons. The summed E-state index contributed by atoms with van der Waals surface area (Å²) in [5, 5.41) is 1.33. The largest absolute Gasteiger partial charge is 0.417 e. The van der Waals surface area contributed by atoms with Crippen molar-refractivity contribution in [3.63, 3.8) is 0 Å². The first-order valence-electron chi connectivity index (χ1n) is 11.5. The number of alkyl halides is 9. The van der Waals surface area contributed by atoms with Crippen LogP contribution in [0.2, 0.25) is 15.1 Å². The fourth-order valence-electron chi connectivity index (χ4n) is 3.51. The summed E-state index contributed by atoms with van der Waals surface area (Å²) in [6.07, 6.45) is -14.4. The van der Waals surface area contributed by atoms with Gasteiger partial charge in [0.25, 0.3) is 5.91 Å². The molecule has 0 heterocycles. The zero-order valence-corrected chi connectivity index (χ0v) is 23.5. The number of nitrogens with one attached hydrogen (secondary N) is 1. The number of halogens is 12. The Morgan fingerprint density at radius 3 is 1.90 bits per heavy atom. The highest BCUT2D eigenvalue weighted by atomic mass is 35.5. The average Bonchev–Trinajstić information content (AvgIpc) is 2.80. The number of hydrogen-bond donors (Lipinski definition) is 1. The van der Waals surface area contributed by atoms with Gasteiger partial charge >= 0.3 is 18.5 Å². The van der Waals surface area contributed by atoms with Crippen LogP contribution in [-0.2, 0) is 11.0 Å². The molecule has 0 aliphatic heterocycles. The third-order valence-corrected chi connectivity index (χ3v) is 7.26. The normalized spacial score (nSPS) is 14.7. The maximum Gasteiger partial charge on any atom is 0.417 e. The molecular formula is C26H21Cl3F9NO2. The van der Waals surface area contributed by atoms with Gasteiger partial charge in [-0.25, -0.2) is 0 Å². The number of rotatable bonds is 8. The van der Waals surface area contributed by atoms with Gasteiger partial charge in [0, 0.05) is 12.5 Å². The lowest BCUT2D eigenvalue weighted by atomic mass is 9.84. The van der Waals surface area contributed by atoms with Gasteiger partial charge in [0.2, 0.25) is 0 Å². The highest BCUT2D eigenvalue weighted by molar-refractivity contribution is 6.48. The van der Waals surface area contributed by atoms with Crippen molar-refractivity contribution < 1.29 is 49.1 Å². The summed E-state index contributed by atoms with van der Waals surface area (Å²) >= 11 is 17.4. The van der Waals surface area contributed by atoms with Crippen molar-refractivity contribution in [1.29, 1.82) is 0 Å².